The van der Waals surface area contributed by atoms with Gasteiger partial charge in [0.15, 0.2) is 5.69 Å². The van der Waals surface area contributed by atoms with E-state index >= 15 is 0 Å². The third-order valence-corrected chi connectivity index (χ3v) is 3.54. The van der Waals surface area contributed by atoms with Crippen LogP contribution in [-0.2, 0) is 4.79 Å². The largest absolute Gasteiger partial charge is 0.368 e. The average Bonchev–Trinajstić information content (AvgIpc) is 3.11. The highest BCUT2D eigenvalue weighted by Gasteiger charge is 2.22. The maximum Gasteiger partial charge on any atom is 0.272 e. The highest BCUT2D eigenvalue weighted by molar-refractivity contribution is 5.96. The van der Waals surface area contributed by atoms with Crippen LogP contribution in [0, 0.1) is 0 Å². The molecular weight excluding hydrogens is 304 g/mol. The molecule has 0 saturated heterocycles. The van der Waals surface area contributed by atoms with Crippen LogP contribution in [0.2, 0.25) is 0 Å². The van der Waals surface area contributed by atoms with E-state index in [2.05, 4.69) is 10.4 Å². The van der Waals surface area contributed by atoms with Crippen molar-refractivity contribution >= 4 is 11.8 Å². The highest BCUT2D eigenvalue weighted by Crippen LogP contribution is 2.13. The summed E-state index contributed by atoms with van der Waals surface area (Å²) in [6.45, 7) is 0. The van der Waals surface area contributed by atoms with Crippen LogP contribution in [0.3, 0.4) is 0 Å². The Hall–Kier alpha value is -3.41. The standard InChI is InChI=1S/C18H16N4O2/c19-17(23)16(13-7-3-1-4-8-13)20-18(24)15-11-12-22(21-15)14-9-5-2-6-10-14/h1-12,16H,(H2,19,23)(H,20,24)/t16-/m0/s1. The van der Waals surface area contributed by atoms with Crippen molar-refractivity contribution in [3.8, 4) is 5.69 Å². The van der Waals surface area contributed by atoms with Crippen molar-refractivity contribution in [2.45, 2.75) is 6.04 Å². The van der Waals surface area contributed by atoms with E-state index in [0.717, 1.165) is 5.69 Å². The van der Waals surface area contributed by atoms with Crippen molar-refractivity contribution in [3.63, 3.8) is 0 Å². The number of nitrogens with two attached hydrogens (primary N) is 1. The van der Waals surface area contributed by atoms with Gasteiger partial charge in [0, 0.05) is 6.20 Å². The quantitative estimate of drug-likeness (QED) is 0.751. The predicted octanol–water partition coefficient (Wildman–Crippen LogP) is 1.83. The molecule has 6 heteroatoms. The Kier molecular flexibility index (Phi) is 4.38. The van der Waals surface area contributed by atoms with Crippen LogP contribution in [0.15, 0.2) is 72.9 Å². The van der Waals surface area contributed by atoms with Gasteiger partial charge in [-0.15, -0.1) is 0 Å². The molecule has 0 aliphatic heterocycles. The molecule has 3 aromatic rings. The Morgan fingerprint density at radius 2 is 1.58 bits per heavy atom. The highest BCUT2D eigenvalue weighted by atomic mass is 16.2. The molecule has 0 fully saturated rings. The number of nitrogens with zero attached hydrogens (tertiary/aromatic N) is 2. The summed E-state index contributed by atoms with van der Waals surface area (Å²) in [6, 6.07) is 19.0. The summed E-state index contributed by atoms with van der Waals surface area (Å²) in [5.74, 6) is -1.09. The van der Waals surface area contributed by atoms with Crippen LogP contribution >= 0.6 is 0 Å². The van der Waals surface area contributed by atoms with Gasteiger partial charge < -0.3 is 11.1 Å². The first-order valence-electron chi connectivity index (χ1n) is 7.41. The van der Waals surface area contributed by atoms with Gasteiger partial charge in [0.2, 0.25) is 5.91 Å². The Labute approximate surface area is 138 Å². The normalized spacial score (nSPS) is 11.7. The molecule has 6 nitrogen and oxygen atoms in total. The second-order valence-corrected chi connectivity index (χ2v) is 5.20. The molecule has 1 atom stereocenters. The minimum atomic E-state index is -0.902. The maximum absolute atomic E-state index is 12.4. The average molecular weight is 320 g/mol. The first-order chi connectivity index (χ1) is 11.6. The molecular formula is C18H16N4O2. The minimum absolute atomic E-state index is 0.209. The number of hydrogen-bond acceptors (Lipinski definition) is 3. The van der Waals surface area contributed by atoms with E-state index in [-0.39, 0.29) is 5.69 Å². The summed E-state index contributed by atoms with van der Waals surface area (Å²) < 4.78 is 1.59. The first kappa shape index (κ1) is 15.5. The Bertz CT molecular complexity index is 844. The van der Waals surface area contributed by atoms with Crippen molar-refractivity contribution in [2.24, 2.45) is 5.73 Å². The second-order valence-electron chi connectivity index (χ2n) is 5.20. The predicted molar refractivity (Wildman–Crippen MR) is 89.4 cm³/mol. The Morgan fingerprint density at radius 1 is 0.958 bits per heavy atom. The van der Waals surface area contributed by atoms with Gasteiger partial charge in [-0.1, -0.05) is 48.5 Å². The van der Waals surface area contributed by atoms with Crippen LogP contribution in [0.25, 0.3) is 5.69 Å². The molecule has 0 spiro atoms. The Morgan fingerprint density at radius 3 is 2.21 bits per heavy atom. The summed E-state index contributed by atoms with van der Waals surface area (Å²) in [7, 11) is 0. The summed E-state index contributed by atoms with van der Waals surface area (Å²) >= 11 is 0. The van der Waals surface area contributed by atoms with Gasteiger partial charge in [0.25, 0.3) is 5.91 Å². The van der Waals surface area contributed by atoms with E-state index < -0.39 is 17.9 Å². The van der Waals surface area contributed by atoms with Gasteiger partial charge >= 0.3 is 0 Å². The number of nitrogens with one attached hydrogen (secondary N) is 1. The minimum Gasteiger partial charge on any atom is -0.368 e. The molecule has 2 amide bonds. The van der Waals surface area contributed by atoms with Gasteiger partial charge in [-0.2, -0.15) is 5.10 Å². The zero-order valence-electron chi connectivity index (χ0n) is 12.8. The number of carbonyl (C=O) groups excluding carboxylic acids is 2. The van der Waals surface area contributed by atoms with Crippen molar-refractivity contribution in [1.82, 2.24) is 15.1 Å². The smallest absolute Gasteiger partial charge is 0.272 e. The molecule has 120 valence electrons. The fourth-order valence-electron chi connectivity index (χ4n) is 2.34. The molecule has 0 bridgehead atoms. The monoisotopic (exact) mass is 320 g/mol. The molecule has 0 aliphatic carbocycles. The molecule has 1 aromatic heterocycles. The van der Waals surface area contributed by atoms with Crippen LogP contribution in [0.5, 0.6) is 0 Å². The van der Waals surface area contributed by atoms with Gasteiger partial charge in [0.1, 0.15) is 6.04 Å². The zero-order chi connectivity index (χ0) is 16.9. The molecule has 1 heterocycles. The lowest BCUT2D eigenvalue weighted by Gasteiger charge is -2.14. The lowest BCUT2D eigenvalue weighted by molar-refractivity contribution is -0.120. The van der Waals surface area contributed by atoms with Crippen molar-refractivity contribution in [1.29, 1.82) is 0 Å². The van der Waals surface area contributed by atoms with Gasteiger partial charge in [-0.25, -0.2) is 4.68 Å². The Balaban J connectivity index is 1.79. The van der Waals surface area contributed by atoms with Gasteiger partial charge in [-0.05, 0) is 23.8 Å². The molecule has 3 N–H and O–H groups in total. The fraction of sp³-hybridized carbons (Fsp3) is 0.0556. The lowest BCUT2D eigenvalue weighted by atomic mass is 10.1. The van der Waals surface area contributed by atoms with Gasteiger partial charge in [0.05, 0.1) is 5.69 Å². The van der Waals surface area contributed by atoms with E-state index in [0.29, 0.717) is 5.56 Å². The lowest BCUT2D eigenvalue weighted by Crippen LogP contribution is -2.37. The number of hydrogen-bond donors (Lipinski definition) is 2. The van der Waals surface area contributed by atoms with Gasteiger partial charge in [-0.3, -0.25) is 9.59 Å². The summed E-state index contributed by atoms with van der Waals surface area (Å²) in [5.41, 5.74) is 7.09. The molecule has 0 radical (unpaired) electrons. The third kappa shape index (κ3) is 3.33. The van der Waals surface area contributed by atoms with Crippen molar-refractivity contribution in [2.75, 3.05) is 0 Å². The number of carbonyl (C=O) groups is 2. The maximum atomic E-state index is 12.4. The number of benzene rings is 2. The van der Waals surface area contributed by atoms with E-state index in [1.807, 2.05) is 36.4 Å². The zero-order valence-corrected chi connectivity index (χ0v) is 12.8. The molecule has 0 aliphatic rings. The summed E-state index contributed by atoms with van der Waals surface area (Å²) in [5, 5.41) is 6.86. The molecule has 0 unspecified atom stereocenters. The topological polar surface area (TPSA) is 90.0 Å². The number of aromatic nitrogens is 2. The van der Waals surface area contributed by atoms with E-state index in [1.165, 1.54) is 0 Å². The molecule has 2 aromatic carbocycles. The van der Waals surface area contributed by atoms with Crippen LogP contribution in [-0.4, -0.2) is 21.6 Å². The van der Waals surface area contributed by atoms with E-state index in [9.17, 15) is 9.59 Å². The number of rotatable bonds is 5. The SMILES string of the molecule is NC(=O)[C@@H](NC(=O)c1ccn(-c2ccccc2)n1)c1ccccc1. The van der Waals surface area contributed by atoms with Crippen molar-refractivity contribution < 1.29 is 9.59 Å². The summed E-state index contributed by atoms with van der Waals surface area (Å²) in [4.78, 5) is 24.1. The molecule has 3 rings (SSSR count). The molecule has 24 heavy (non-hydrogen) atoms. The van der Waals surface area contributed by atoms with Crippen LogP contribution in [0.4, 0.5) is 0 Å². The van der Waals surface area contributed by atoms with Crippen molar-refractivity contribution in [3.05, 3.63) is 84.2 Å². The summed E-state index contributed by atoms with van der Waals surface area (Å²) in [6.07, 6.45) is 1.69. The first-order valence-corrected chi connectivity index (χ1v) is 7.41. The second kappa shape index (κ2) is 6.78. The van der Waals surface area contributed by atoms with Crippen LogP contribution < -0.4 is 11.1 Å². The fourth-order valence-corrected chi connectivity index (χ4v) is 2.34. The number of para-hydroxylation sites is 1. The van der Waals surface area contributed by atoms with E-state index in [1.54, 1.807) is 41.2 Å². The number of amides is 2. The van der Waals surface area contributed by atoms with Crippen LogP contribution in [0.1, 0.15) is 22.1 Å². The third-order valence-electron chi connectivity index (χ3n) is 3.54. The molecule has 0 saturated carbocycles. The number of primary amides is 1. The van der Waals surface area contributed by atoms with E-state index in [4.69, 9.17) is 5.73 Å².